The molecule has 5 heteroatoms. The number of rotatable bonds is 2. The molecule has 128 valence electrons. The molecule has 0 saturated carbocycles. The quantitative estimate of drug-likeness (QED) is 0.644. The Morgan fingerprint density at radius 2 is 1.92 bits per heavy atom. The fourth-order valence-corrected chi connectivity index (χ4v) is 3.98. The minimum atomic E-state index is -0.120. The first-order valence-corrected chi connectivity index (χ1v) is 9.05. The van der Waals surface area contributed by atoms with Gasteiger partial charge in [-0.1, -0.05) is 27.6 Å². The van der Waals surface area contributed by atoms with Crippen molar-refractivity contribution in [3.63, 3.8) is 0 Å². The van der Waals surface area contributed by atoms with Crippen LogP contribution in [0.5, 0.6) is 5.75 Å². The number of nitrogens with one attached hydrogen (secondary N) is 1. The lowest BCUT2D eigenvalue weighted by molar-refractivity contribution is 0.401. The molecular weight excluding hydrogens is 378 g/mol. The second-order valence-corrected chi connectivity index (χ2v) is 7.47. The molecule has 0 spiro atoms. The predicted molar refractivity (Wildman–Crippen MR) is 104 cm³/mol. The summed E-state index contributed by atoms with van der Waals surface area (Å²) in [5, 5.41) is 8.44. The summed E-state index contributed by atoms with van der Waals surface area (Å²) in [5.41, 5.74) is 8.02. The van der Waals surface area contributed by atoms with Crippen molar-refractivity contribution in [3.05, 3.63) is 63.3 Å². The Kier molecular flexibility index (Phi) is 3.84. The number of aromatic nitrogens is 2. The van der Waals surface area contributed by atoms with E-state index in [1.807, 2.05) is 19.1 Å². The molecule has 4 nitrogen and oxygen atoms in total. The SMILES string of the molecule is COc1ccc(Br)cc1[C@H]1Nc2c(C)cc(C)cc2-c2cc(C)nn21. The van der Waals surface area contributed by atoms with E-state index in [0.717, 1.165) is 32.9 Å². The van der Waals surface area contributed by atoms with E-state index in [9.17, 15) is 0 Å². The van der Waals surface area contributed by atoms with Gasteiger partial charge >= 0.3 is 0 Å². The zero-order valence-electron chi connectivity index (χ0n) is 14.7. The molecule has 2 heterocycles. The maximum atomic E-state index is 5.61. The number of halogens is 1. The smallest absolute Gasteiger partial charge is 0.150 e. The Balaban J connectivity index is 1.97. The van der Waals surface area contributed by atoms with E-state index in [2.05, 4.69) is 64.0 Å². The van der Waals surface area contributed by atoms with Crippen molar-refractivity contribution >= 4 is 21.6 Å². The van der Waals surface area contributed by atoms with E-state index in [4.69, 9.17) is 9.84 Å². The van der Waals surface area contributed by atoms with Gasteiger partial charge in [-0.3, -0.25) is 0 Å². The molecule has 2 aromatic carbocycles. The van der Waals surface area contributed by atoms with Gasteiger partial charge < -0.3 is 10.1 Å². The summed E-state index contributed by atoms with van der Waals surface area (Å²) in [6.07, 6.45) is -0.120. The van der Waals surface area contributed by atoms with Crippen LogP contribution in [-0.2, 0) is 0 Å². The lowest BCUT2D eigenvalue weighted by atomic mass is 9.98. The van der Waals surface area contributed by atoms with Gasteiger partial charge in [0.05, 0.1) is 18.5 Å². The first-order chi connectivity index (χ1) is 12.0. The monoisotopic (exact) mass is 397 g/mol. The zero-order chi connectivity index (χ0) is 17.7. The second-order valence-electron chi connectivity index (χ2n) is 6.55. The van der Waals surface area contributed by atoms with Crippen LogP contribution in [0, 0.1) is 20.8 Å². The van der Waals surface area contributed by atoms with E-state index in [0.29, 0.717) is 0 Å². The number of fused-ring (bicyclic) bond motifs is 3. The van der Waals surface area contributed by atoms with Gasteiger partial charge in [0.1, 0.15) is 5.75 Å². The van der Waals surface area contributed by atoms with Crippen molar-refractivity contribution in [1.82, 2.24) is 9.78 Å². The van der Waals surface area contributed by atoms with Crippen LogP contribution >= 0.6 is 15.9 Å². The van der Waals surface area contributed by atoms with Crippen LogP contribution in [0.1, 0.15) is 28.6 Å². The normalized spacial score (nSPS) is 15.3. The summed E-state index contributed by atoms with van der Waals surface area (Å²) in [5.74, 6) is 0.841. The molecule has 0 radical (unpaired) electrons. The van der Waals surface area contributed by atoms with Crippen LogP contribution in [0.4, 0.5) is 5.69 Å². The summed E-state index contributed by atoms with van der Waals surface area (Å²) in [4.78, 5) is 0. The van der Waals surface area contributed by atoms with Crippen molar-refractivity contribution in [3.8, 4) is 17.0 Å². The van der Waals surface area contributed by atoms with E-state index in [-0.39, 0.29) is 6.17 Å². The number of ether oxygens (including phenoxy) is 1. The standard InChI is InChI=1S/C20H20BrN3O/c1-11-7-12(2)19-15(8-11)17-9-13(3)23-24(17)20(22-19)16-10-14(21)5-6-18(16)25-4/h5-10,20,22H,1-4H3/t20-/m0/s1. The highest BCUT2D eigenvalue weighted by Gasteiger charge is 2.29. The van der Waals surface area contributed by atoms with Gasteiger partial charge in [0.15, 0.2) is 6.17 Å². The van der Waals surface area contributed by atoms with Gasteiger partial charge in [0.2, 0.25) is 0 Å². The molecule has 0 fully saturated rings. The molecule has 0 amide bonds. The lowest BCUT2D eigenvalue weighted by Crippen LogP contribution is -2.26. The minimum Gasteiger partial charge on any atom is -0.496 e. The van der Waals surface area contributed by atoms with Crippen molar-refractivity contribution in [2.24, 2.45) is 0 Å². The highest BCUT2D eigenvalue weighted by atomic mass is 79.9. The van der Waals surface area contributed by atoms with Crippen molar-refractivity contribution < 1.29 is 4.74 Å². The van der Waals surface area contributed by atoms with Gasteiger partial charge in [-0.15, -0.1) is 0 Å². The number of anilines is 1. The number of hydrogen-bond acceptors (Lipinski definition) is 3. The van der Waals surface area contributed by atoms with E-state index >= 15 is 0 Å². The summed E-state index contributed by atoms with van der Waals surface area (Å²) in [6.45, 7) is 6.31. The topological polar surface area (TPSA) is 39.1 Å². The number of methoxy groups -OCH3 is 1. The zero-order valence-corrected chi connectivity index (χ0v) is 16.3. The average Bonchev–Trinajstić information content (AvgIpc) is 2.96. The van der Waals surface area contributed by atoms with Gasteiger partial charge in [-0.2, -0.15) is 5.10 Å². The molecule has 1 N–H and O–H groups in total. The largest absolute Gasteiger partial charge is 0.496 e. The van der Waals surface area contributed by atoms with E-state index in [1.54, 1.807) is 7.11 Å². The highest BCUT2D eigenvalue weighted by Crippen LogP contribution is 2.43. The molecule has 0 aliphatic carbocycles. The summed E-state index contributed by atoms with van der Waals surface area (Å²) in [7, 11) is 1.70. The molecule has 1 atom stereocenters. The molecule has 4 rings (SSSR count). The van der Waals surface area contributed by atoms with Crippen LogP contribution in [0.15, 0.2) is 40.9 Å². The first-order valence-electron chi connectivity index (χ1n) is 8.25. The highest BCUT2D eigenvalue weighted by molar-refractivity contribution is 9.10. The number of hydrogen-bond donors (Lipinski definition) is 1. The molecule has 0 unspecified atom stereocenters. The fraction of sp³-hybridized carbons (Fsp3) is 0.250. The van der Waals surface area contributed by atoms with Gasteiger partial charge in [0.25, 0.3) is 0 Å². The van der Waals surface area contributed by atoms with Crippen LogP contribution in [-0.4, -0.2) is 16.9 Å². The maximum absolute atomic E-state index is 5.61. The molecule has 1 aliphatic rings. The summed E-state index contributed by atoms with van der Waals surface area (Å²) < 4.78 is 8.68. The molecule has 1 aliphatic heterocycles. The summed E-state index contributed by atoms with van der Waals surface area (Å²) in [6, 6.07) is 12.6. The van der Waals surface area contributed by atoms with Gasteiger partial charge in [0, 0.05) is 21.3 Å². The Hall–Kier alpha value is -2.27. The van der Waals surface area contributed by atoms with E-state index < -0.39 is 0 Å². The maximum Gasteiger partial charge on any atom is 0.150 e. The molecule has 25 heavy (non-hydrogen) atoms. The Bertz CT molecular complexity index is 977. The number of aryl methyl sites for hydroxylation is 3. The average molecular weight is 398 g/mol. The second kappa shape index (κ2) is 5.92. The molecular formula is C20H20BrN3O. The molecule has 3 aromatic rings. The minimum absolute atomic E-state index is 0.120. The molecule has 0 saturated heterocycles. The van der Waals surface area contributed by atoms with Crippen LogP contribution in [0.2, 0.25) is 0 Å². The van der Waals surface area contributed by atoms with Crippen LogP contribution < -0.4 is 10.1 Å². The lowest BCUT2D eigenvalue weighted by Gasteiger charge is -2.31. The number of nitrogens with zero attached hydrogens (tertiary/aromatic N) is 2. The Labute approximate surface area is 156 Å². The molecule has 1 aromatic heterocycles. The van der Waals surface area contributed by atoms with Crippen molar-refractivity contribution in [2.45, 2.75) is 26.9 Å². The Morgan fingerprint density at radius 3 is 2.68 bits per heavy atom. The third kappa shape index (κ3) is 2.63. The molecule has 0 bridgehead atoms. The Morgan fingerprint density at radius 1 is 1.12 bits per heavy atom. The third-order valence-electron chi connectivity index (χ3n) is 4.63. The predicted octanol–water partition coefficient (Wildman–Crippen LogP) is 5.22. The number of benzene rings is 2. The summed E-state index contributed by atoms with van der Waals surface area (Å²) >= 11 is 3.58. The third-order valence-corrected chi connectivity index (χ3v) is 5.12. The van der Waals surface area contributed by atoms with E-state index in [1.165, 1.54) is 16.7 Å². The fourth-order valence-electron chi connectivity index (χ4n) is 3.60. The van der Waals surface area contributed by atoms with Crippen molar-refractivity contribution in [2.75, 3.05) is 12.4 Å². The van der Waals surface area contributed by atoms with Crippen LogP contribution in [0.3, 0.4) is 0 Å². The van der Waals surface area contributed by atoms with Crippen molar-refractivity contribution in [1.29, 1.82) is 0 Å². The van der Waals surface area contributed by atoms with Gasteiger partial charge in [-0.25, -0.2) is 4.68 Å². The first kappa shape index (κ1) is 16.2. The van der Waals surface area contributed by atoms with Crippen LogP contribution in [0.25, 0.3) is 11.3 Å². The van der Waals surface area contributed by atoms with Gasteiger partial charge in [-0.05, 0) is 56.7 Å².